The Hall–Kier alpha value is -1.74. The number of nitrogen functional groups attached to an aromatic ring is 1. The number of rotatable bonds is 3. The van der Waals surface area contributed by atoms with E-state index in [0.29, 0.717) is 0 Å². The lowest BCUT2D eigenvalue weighted by Gasteiger charge is -2.07. The van der Waals surface area contributed by atoms with Crippen LogP contribution in [0.3, 0.4) is 0 Å². The summed E-state index contributed by atoms with van der Waals surface area (Å²) < 4.78 is 0. The molecule has 2 aromatic rings. The molecule has 3 heteroatoms. The van der Waals surface area contributed by atoms with Crippen molar-refractivity contribution in [1.29, 1.82) is 5.41 Å². The summed E-state index contributed by atoms with van der Waals surface area (Å²) in [5, 5.41) is 7.36. The minimum absolute atomic E-state index is 0.110. The van der Waals surface area contributed by atoms with Gasteiger partial charge in [-0.15, -0.1) is 0 Å². The third-order valence-corrected chi connectivity index (χ3v) is 3.90. The standard InChI is InChI=1S/C15H16N2S/c1-10-3-4-11(2)14(9-10)18-13-7-5-12(6-8-13)15(16)17/h3-9H,1-2H3,(H3,16,17). The summed E-state index contributed by atoms with van der Waals surface area (Å²) in [7, 11) is 0. The normalized spacial score (nSPS) is 10.3. The molecule has 0 amide bonds. The highest BCUT2D eigenvalue weighted by Crippen LogP contribution is 2.30. The Morgan fingerprint density at radius 3 is 2.33 bits per heavy atom. The van der Waals surface area contributed by atoms with Gasteiger partial charge in [0.05, 0.1) is 0 Å². The van der Waals surface area contributed by atoms with Crippen LogP contribution in [0.1, 0.15) is 16.7 Å². The monoisotopic (exact) mass is 256 g/mol. The highest BCUT2D eigenvalue weighted by Gasteiger charge is 2.02. The topological polar surface area (TPSA) is 49.9 Å². The molecular formula is C15H16N2S. The Balaban J connectivity index is 2.23. The lowest BCUT2D eigenvalue weighted by molar-refractivity contribution is 1.25. The van der Waals surface area contributed by atoms with E-state index in [-0.39, 0.29) is 5.84 Å². The van der Waals surface area contributed by atoms with Crippen molar-refractivity contribution in [3.05, 3.63) is 59.2 Å². The molecule has 0 aliphatic rings. The van der Waals surface area contributed by atoms with Crippen molar-refractivity contribution in [3.8, 4) is 0 Å². The molecule has 0 bridgehead atoms. The SMILES string of the molecule is Cc1ccc(C)c(Sc2ccc(C(=N)N)cc2)c1. The summed E-state index contributed by atoms with van der Waals surface area (Å²) in [5.74, 6) is 0.110. The van der Waals surface area contributed by atoms with Gasteiger partial charge >= 0.3 is 0 Å². The number of nitrogens with two attached hydrogens (primary N) is 1. The van der Waals surface area contributed by atoms with E-state index in [1.807, 2.05) is 24.3 Å². The minimum atomic E-state index is 0.110. The number of aryl methyl sites for hydroxylation is 2. The predicted molar refractivity (Wildman–Crippen MR) is 77.5 cm³/mol. The maximum atomic E-state index is 7.36. The van der Waals surface area contributed by atoms with E-state index in [4.69, 9.17) is 11.1 Å². The molecule has 3 N–H and O–H groups in total. The van der Waals surface area contributed by atoms with Crippen molar-refractivity contribution in [2.45, 2.75) is 23.6 Å². The van der Waals surface area contributed by atoms with Crippen LogP contribution in [-0.2, 0) is 0 Å². The van der Waals surface area contributed by atoms with Gasteiger partial charge in [-0.2, -0.15) is 0 Å². The molecule has 0 unspecified atom stereocenters. The number of benzene rings is 2. The Labute approximate surface area is 112 Å². The van der Waals surface area contributed by atoms with Crippen LogP contribution < -0.4 is 5.73 Å². The number of hydrogen-bond acceptors (Lipinski definition) is 2. The van der Waals surface area contributed by atoms with Gasteiger partial charge in [-0.25, -0.2) is 0 Å². The van der Waals surface area contributed by atoms with Crippen molar-refractivity contribution in [1.82, 2.24) is 0 Å². The third-order valence-electron chi connectivity index (χ3n) is 2.74. The zero-order chi connectivity index (χ0) is 13.1. The summed E-state index contributed by atoms with van der Waals surface area (Å²) in [6.07, 6.45) is 0. The van der Waals surface area contributed by atoms with Gasteiger partial charge in [-0.3, -0.25) is 5.41 Å². The molecule has 0 atom stereocenters. The molecule has 0 heterocycles. The van der Waals surface area contributed by atoms with Crippen molar-refractivity contribution in [2.75, 3.05) is 0 Å². The minimum Gasteiger partial charge on any atom is -0.384 e. The Morgan fingerprint density at radius 2 is 1.72 bits per heavy atom. The van der Waals surface area contributed by atoms with Gasteiger partial charge in [0.25, 0.3) is 0 Å². The lowest BCUT2D eigenvalue weighted by Crippen LogP contribution is -2.10. The first-order valence-corrected chi connectivity index (χ1v) is 6.57. The average Bonchev–Trinajstić information content (AvgIpc) is 2.34. The van der Waals surface area contributed by atoms with Crippen molar-refractivity contribution >= 4 is 17.6 Å². The van der Waals surface area contributed by atoms with E-state index in [9.17, 15) is 0 Å². The zero-order valence-corrected chi connectivity index (χ0v) is 11.3. The maximum Gasteiger partial charge on any atom is 0.122 e. The van der Waals surface area contributed by atoms with Crippen LogP contribution in [0, 0.1) is 19.3 Å². The Morgan fingerprint density at radius 1 is 1.06 bits per heavy atom. The first kappa shape index (κ1) is 12.7. The van der Waals surface area contributed by atoms with Gasteiger partial charge in [0.15, 0.2) is 0 Å². The van der Waals surface area contributed by atoms with Gasteiger partial charge in [0.1, 0.15) is 5.84 Å². The van der Waals surface area contributed by atoms with Crippen molar-refractivity contribution in [2.24, 2.45) is 5.73 Å². The van der Waals surface area contributed by atoms with Gasteiger partial charge in [-0.1, -0.05) is 36.0 Å². The van der Waals surface area contributed by atoms with E-state index >= 15 is 0 Å². The van der Waals surface area contributed by atoms with E-state index in [2.05, 4.69) is 32.0 Å². The second-order valence-corrected chi connectivity index (χ2v) is 5.42. The van der Waals surface area contributed by atoms with Crippen LogP contribution in [0.15, 0.2) is 52.3 Å². The summed E-state index contributed by atoms with van der Waals surface area (Å²) >= 11 is 1.74. The van der Waals surface area contributed by atoms with Crippen LogP contribution in [0.25, 0.3) is 0 Å². The van der Waals surface area contributed by atoms with Crippen LogP contribution in [0.4, 0.5) is 0 Å². The predicted octanol–water partition coefficient (Wildman–Crippen LogP) is 3.74. The molecule has 0 spiro atoms. The second-order valence-electron chi connectivity index (χ2n) is 4.31. The molecule has 0 radical (unpaired) electrons. The van der Waals surface area contributed by atoms with E-state index in [1.54, 1.807) is 11.8 Å². The van der Waals surface area contributed by atoms with Gasteiger partial charge in [0.2, 0.25) is 0 Å². The molecule has 0 aliphatic heterocycles. The molecule has 0 aromatic heterocycles. The van der Waals surface area contributed by atoms with Gasteiger partial charge in [-0.05, 0) is 43.2 Å². The summed E-state index contributed by atoms with van der Waals surface area (Å²) in [4.78, 5) is 2.43. The Bertz CT molecular complexity index is 574. The first-order valence-electron chi connectivity index (χ1n) is 5.76. The fourth-order valence-corrected chi connectivity index (χ4v) is 2.65. The van der Waals surface area contributed by atoms with Crippen molar-refractivity contribution < 1.29 is 0 Å². The van der Waals surface area contributed by atoms with Crippen LogP contribution in [0.2, 0.25) is 0 Å². The van der Waals surface area contributed by atoms with Crippen molar-refractivity contribution in [3.63, 3.8) is 0 Å². The summed E-state index contributed by atoms with van der Waals surface area (Å²) in [5.41, 5.74) is 8.75. The molecule has 18 heavy (non-hydrogen) atoms. The van der Waals surface area contributed by atoms with Gasteiger partial charge in [0, 0.05) is 15.4 Å². The lowest BCUT2D eigenvalue weighted by atomic mass is 10.2. The number of hydrogen-bond donors (Lipinski definition) is 2. The quantitative estimate of drug-likeness (QED) is 0.649. The zero-order valence-electron chi connectivity index (χ0n) is 10.5. The molecule has 2 aromatic carbocycles. The fourth-order valence-electron chi connectivity index (χ4n) is 1.65. The largest absolute Gasteiger partial charge is 0.384 e. The van der Waals surface area contributed by atoms with E-state index < -0.39 is 0 Å². The molecule has 2 nitrogen and oxygen atoms in total. The average molecular weight is 256 g/mol. The highest BCUT2D eigenvalue weighted by atomic mass is 32.2. The maximum absolute atomic E-state index is 7.36. The highest BCUT2D eigenvalue weighted by molar-refractivity contribution is 7.99. The summed E-state index contributed by atoms with van der Waals surface area (Å²) in [6, 6.07) is 14.2. The molecule has 0 saturated carbocycles. The number of nitrogens with one attached hydrogen (secondary N) is 1. The molecule has 0 fully saturated rings. The molecule has 0 aliphatic carbocycles. The van der Waals surface area contributed by atoms with Crippen LogP contribution in [0.5, 0.6) is 0 Å². The molecule has 0 saturated heterocycles. The Kier molecular flexibility index (Phi) is 3.72. The first-order chi connectivity index (χ1) is 8.56. The third kappa shape index (κ3) is 2.93. The second kappa shape index (κ2) is 5.27. The smallest absolute Gasteiger partial charge is 0.122 e. The van der Waals surface area contributed by atoms with Gasteiger partial charge < -0.3 is 5.73 Å². The van der Waals surface area contributed by atoms with E-state index in [0.717, 1.165) is 10.5 Å². The van der Waals surface area contributed by atoms with Crippen LogP contribution >= 0.6 is 11.8 Å². The molecule has 2 rings (SSSR count). The van der Waals surface area contributed by atoms with Crippen LogP contribution in [-0.4, -0.2) is 5.84 Å². The summed E-state index contributed by atoms with van der Waals surface area (Å²) in [6.45, 7) is 4.22. The van der Waals surface area contributed by atoms with E-state index in [1.165, 1.54) is 16.0 Å². The fraction of sp³-hybridized carbons (Fsp3) is 0.133. The molecule has 92 valence electrons. The molecular weight excluding hydrogens is 240 g/mol. The number of amidine groups is 1.